The Morgan fingerprint density at radius 1 is 0.331 bits per heavy atom. The molecule has 3 rings (SSSR count). The van der Waals surface area contributed by atoms with Crippen molar-refractivity contribution in [1.82, 2.24) is 0 Å². The third-order valence-electron chi connectivity index (χ3n) is 23.5. The molecule has 25 nitrogen and oxygen atoms in total. The number of ether oxygens (including phenoxy) is 8. The number of hydrogen-bond donors (Lipinski definition) is 10. The van der Waals surface area contributed by atoms with Gasteiger partial charge in [-0.3, -0.25) is 28.2 Å². The lowest BCUT2D eigenvalue weighted by atomic mass is 9.84. The first-order valence-electron chi connectivity index (χ1n) is 47.9. The minimum absolute atomic E-state index is 0.0112. The van der Waals surface area contributed by atoms with E-state index in [9.17, 15) is 74.6 Å². The van der Waals surface area contributed by atoms with Crippen molar-refractivity contribution >= 4 is 31.7 Å². The highest BCUT2D eigenvalue weighted by atomic mass is 31.2. The molecule has 0 aromatic heterocycles. The molecule has 26 heteroatoms. The van der Waals surface area contributed by atoms with E-state index in [1.807, 2.05) is 0 Å². The van der Waals surface area contributed by atoms with Gasteiger partial charge in [-0.1, -0.05) is 354 Å². The fraction of sp³-hybridized carbons (Fsp3) is 0.935. The van der Waals surface area contributed by atoms with Gasteiger partial charge in [0.2, 0.25) is 0 Å². The molecule has 3 fully saturated rings. The van der Waals surface area contributed by atoms with Crippen LogP contribution >= 0.6 is 7.82 Å². The van der Waals surface area contributed by atoms with Crippen LogP contribution in [0.25, 0.3) is 0 Å². The number of hydrogen-bond acceptors (Lipinski definition) is 24. The summed E-state index contributed by atoms with van der Waals surface area (Å²) in [6, 6.07) is 0. The second-order valence-electron chi connectivity index (χ2n) is 34.2. The molecule has 118 heavy (non-hydrogen) atoms. The lowest BCUT2D eigenvalue weighted by Crippen LogP contribution is -2.70. The van der Waals surface area contributed by atoms with Gasteiger partial charge in [-0.25, -0.2) is 4.57 Å². The van der Waals surface area contributed by atoms with Gasteiger partial charge in [0.25, 0.3) is 0 Å². The van der Waals surface area contributed by atoms with Gasteiger partial charge in [-0.15, -0.1) is 0 Å². The van der Waals surface area contributed by atoms with Crippen LogP contribution in [0.15, 0.2) is 12.2 Å². The maximum Gasteiger partial charge on any atom is 0.472 e. The molecular formula is C92H171O25P. The van der Waals surface area contributed by atoms with Gasteiger partial charge < -0.3 is 88.7 Å². The van der Waals surface area contributed by atoms with Gasteiger partial charge in [0.05, 0.1) is 13.2 Å². The number of esters is 4. The van der Waals surface area contributed by atoms with Crippen molar-refractivity contribution in [1.29, 1.82) is 0 Å². The van der Waals surface area contributed by atoms with Crippen LogP contribution in [0.3, 0.4) is 0 Å². The average molecular weight is 1710 g/mol. The third kappa shape index (κ3) is 51.0. The first kappa shape index (κ1) is 109. The molecule has 1 aliphatic carbocycles. The Balaban J connectivity index is 1.90. The minimum Gasteiger partial charge on any atom is -0.463 e. The van der Waals surface area contributed by atoms with Crippen LogP contribution in [-0.4, -0.2) is 205 Å². The highest BCUT2D eigenvalue weighted by Gasteiger charge is 2.60. The molecule has 2 aliphatic heterocycles. The molecule has 0 radical (unpaired) electrons. The van der Waals surface area contributed by atoms with Crippen LogP contribution in [0.2, 0.25) is 0 Å². The lowest BCUT2D eigenvalue weighted by Gasteiger charge is -2.50. The van der Waals surface area contributed by atoms with Gasteiger partial charge >= 0.3 is 31.7 Å². The fourth-order valence-corrected chi connectivity index (χ4v) is 16.9. The van der Waals surface area contributed by atoms with E-state index in [0.29, 0.717) is 32.1 Å². The highest BCUT2D eigenvalue weighted by molar-refractivity contribution is 7.47. The first-order chi connectivity index (χ1) is 57.2. The van der Waals surface area contributed by atoms with Gasteiger partial charge in [0.15, 0.2) is 24.8 Å². The van der Waals surface area contributed by atoms with Crippen LogP contribution in [0.4, 0.5) is 0 Å². The second-order valence-corrected chi connectivity index (χ2v) is 35.6. The average Bonchev–Trinajstić information content (AvgIpc) is 0.754. The summed E-state index contributed by atoms with van der Waals surface area (Å²) in [6.45, 7) is 5.62. The van der Waals surface area contributed by atoms with Crippen molar-refractivity contribution in [2.75, 3.05) is 26.4 Å². The van der Waals surface area contributed by atoms with Crippen molar-refractivity contribution in [2.45, 2.75) is 524 Å². The van der Waals surface area contributed by atoms with Crippen molar-refractivity contribution in [3.05, 3.63) is 12.2 Å². The summed E-state index contributed by atoms with van der Waals surface area (Å²) in [7, 11) is -5.80. The largest absolute Gasteiger partial charge is 0.472 e. The quantitative estimate of drug-likeness (QED) is 0.00889. The standard InChI is InChI=1S/C92H171O25P/c1-5-9-13-17-21-25-29-33-36-39-43-47-50-54-58-62-66-77(96)111-72(69-108-75(94)64-60-56-52-48-44-41-37-34-30-26-22-18-14-10-6-2)70-110-118(106,107)117-90-88(115-91-85(104)81(100)79(98)73(68-93)112-91)84(103)83(102)87(114-78(97)67-63-59-55-51-46-40-32-28-24-20-16-12-8-4)89(90)116-92-86(105)82(101)80(99)74(113-92)71-109-76(95)65-61-57-53-49-45-42-38-35-31-27-23-19-15-11-7-3/h27,31,72-74,79-93,98-105H,5-26,28-30,32-71H2,1-4H3,(H,106,107)/b31-27-. The summed E-state index contributed by atoms with van der Waals surface area (Å²) < 4.78 is 73.5. The third-order valence-corrected chi connectivity index (χ3v) is 24.5. The van der Waals surface area contributed by atoms with E-state index in [0.717, 1.165) is 148 Å². The molecule has 0 aromatic carbocycles. The van der Waals surface area contributed by atoms with Crippen molar-refractivity contribution < 1.29 is 122 Å². The number of phosphoric ester groups is 1. The zero-order valence-electron chi connectivity index (χ0n) is 74.0. The van der Waals surface area contributed by atoms with Crippen molar-refractivity contribution in [3.8, 4) is 0 Å². The van der Waals surface area contributed by atoms with Crippen LogP contribution < -0.4 is 0 Å². The zero-order chi connectivity index (χ0) is 86.1. The number of aliphatic hydroxyl groups excluding tert-OH is 9. The minimum atomic E-state index is -5.80. The van der Waals surface area contributed by atoms with Crippen LogP contribution in [0.1, 0.15) is 419 Å². The van der Waals surface area contributed by atoms with Crippen LogP contribution in [0, 0.1) is 0 Å². The molecule has 2 saturated heterocycles. The normalized spacial score (nSPS) is 24.9. The van der Waals surface area contributed by atoms with Crippen LogP contribution in [0.5, 0.6) is 0 Å². The SMILES string of the molecule is CCCCCC/C=C\CCCCCCCCCC(=O)OCC1OC(OC2C(OC(=O)CCCCCCCCCCCCCCC)C(O)C(O)C(OC3OC(CO)C(O)C(O)C3O)C2OP(=O)(O)OCC(COC(=O)CCCCCCCCCCCCCCCCC)OC(=O)CCCCCCCCCCCCCCCCCC)C(O)C(O)C1O. The molecular weight excluding hydrogens is 1540 g/mol. The van der Waals surface area contributed by atoms with E-state index < -0.39 is 162 Å². The summed E-state index contributed by atoms with van der Waals surface area (Å²) >= 11 is 0. The van der Waals surface area contributed by atoms with E-state index in [4.69, 9.17) is 46.9 Å². The predicted molar refractivity (Wildman–Crippen MR) is 458 cm³/mol. The number of carbonyl (C=O) groups excluding carboxylic acids is 4. The Labute approximate surface area is 712 Å². The van der Waals surface area contributed by atoms with Crippen molar-refractivity contribution in [3.63, 3.8) is 0 Å². The maximum atomic E-state index is 14.9. The molecule has 10 N–H and O–H groups in total. The van der Waals surface area contributed by atoms with Crippen LogP contribution in [-0.2, 0) is 70.7 Å². The zero-order valence-corrected chi connectivity index (χ0v) is 74.9. The summed E-state index contributed by atoms with van der Waals surface area (Å²) in [5, 5.41) is 102. The van der Waals surface area contributed by atoms with Gasteiger partial charge in [0.1, 0.15) is 92.6 Å². The predicted octanol–water partition coefficient (Wildman–Crippen LogP) is 17.9. The molecule has 18 atom stereocenters. The van der Waals surface area contributed by atoms with E-state index in [2.05, 4.69) is 39.8 Å². The Morgan fingerprint density at radius 2 is 0.636 bits per heavy atom. The first-order valence-corrected chi connectivity index (χ1v) is 49.4. The summed E-state index contributed by atoms with van der Waals surface area (Å²) in [5.74, 6) is -2.95. The molecule has 3 aliphatic rings. The molecule has 694 valence electrons. The maximum absolute atomic E-state index is 14.9. The monoisotopic (exact) mass is 1710 g/mol. The number of phosphoric acid groups is 1. The number of rotatable bonds is 78. The molecule has 0 bridgehead atoms. The highest BCUT2D eigenvalue weighted by Crippen LogP contribution is 2.49. The van der Waals surface area contributed by atoms with E-state index >= 15 is 0 Å². The number of unbranched alkanes of at least 4 members (excludes halogenated alkanes) is 52. The number of aliphatic hydroxyl groups is 9. The Bertz CT molecular complexity index is 2500. The molecule has 0 spiro atoms. The Hall–Kier alpha value is -2.79. The van der Waals surface area contributed by atoms with Gasteiger partial charge in [0, 0.05) is 25.7 Å². The smallest absolute Gasteiger partial charge is 0.463 e. The second kappa shape index (κ2) is 71.4. The summed E-state index contributed by atoms with van der Waals surface area (Å²) in [5.41, 5.74) is 0. The van der Waals surface area contributed by atoms with Crippen molar-refractivity contribution in [2.24, 2.45) is 0 Å². The fourth-order valence-electron chi connectivity index (χ4n) is 15.9. The van der Waals surface area contributed by atoms with E-state index in [1.165, 1.54) is 186 Å². The number of allylic oxidation sites excluding steroid dienone is 2. The Morgan fingerprint density at radius 3 is 1.02 bits per heavy atom. The molecule has 0 aromatic rings. The molecule has 18 unspecified atom stereocenters. The summed E-state index contributed by atoms with van der Waals surface area (Å²) in [6.07, 6.45) is 30.5. The topological polar surface area (TPSA) is 380 Å². The van der Waals surface area contributed by atoms with E-state index in [1.54, 1.807) is 0 Å². The molecule has 0 amide bonds. The van der Waals surface area contributed by atoms with E-state index in [-0.39, 0.29) is 25.7 Å². The number of carbonyl (C=O) groups is 4. The molecule has 1 saturated carbocycles. The Kier molecular flexibility index (Phi) is 66.2. The summed E-state index contributed by atoms with van der Waals surface area (Å²) in [4.78, 5) is 66.5. The lowest BCUT2D eigenvalue weighted by molar-refractivity contribution is -0.360. The van der Waals surface area contributed by atoms with Gasteiger partial charge in [-0.05, 0) is 51.4 Å². The van der Waals surface area contributed by atoms with Gasteiger partial charge in [-0.2, -0.15) is 0 Å². The molecule has 2 heterocycles.